The molecule has 0 saturated carbocycles. The molecule has 1 N–H and O–H groups in total. The predicted molar refractivity (Wildman–Crippen MR) is 63.3 cm³/mol. The molecule has 0 atom stereocenters. The van der Waals surface area contributed by atoms with Gasteiger partial charge in [-0.15, -0.1) is 0 Å². The van der Waals surface area contributed by atoms with Crippen molar-refractivity contribution in [2.24, 2.45) is 0 Å². The first-order valence-corrected chi connectivity index (χ1v) is 5.32. The molecule has 0 bridgehead atoms. The number of hydrogen-bond acceptors (Lipinski definition) is 3. The molecule has 1 aromatic heterocycles. The first kappa shape index (κ1) is 10.8. The second-order valence-corrected chi connectivity index (χ2v) is 3.80. The van der Waals surface area contributed by atoms with E-state index in [0.29, 0.717) is 5.82 Å². The van der Waals surface area contributed by atoms with Crippen LogP contribution in [0.2, 0.25) is 0 Å². The zero-order valence-corrected chi connectivity index (χ0v) is 9.36. The summed E-state index contributed by atoms with van der Waals surface area (Å²) in [6.07, 6.45) is 2.29. The number of nitrogens with one attached hydrogen (secondary N) is 1. The fourth-order valence-corrected chi connectivity index (χ4v) is 1.77. The molecule has 0 spiro atoms. The summed E-state index contributed by atoms with van der Waals surface area (Å²) in [5.74, 6) is 0.531. The Morgan fingerprint density at radius 3 is 3.19 bits per heavy atom. The second kappa shape index (κ2) is 4.45. The van der Waals surface area contributed by atoms with Crippen LogP contribution < -0.4 is 10.2 Å². The van der Waals surface area contributed by atoms with Gasteiger partial charge in [-0.3, -0.25) is 9.69 Å². The van der Waals surface area contributed by atoms with Gasteiger partial charge in [-0.05, 0) is 30.7 Å². The number of aromatic nitrogens is 1. The fraction of sp³-hybridized carbons (Fsp3) is 0.333. The molecule has 0 aliphatic carbocycles. The highest BCUT2D eigenvalue weighted by atomic mass is 16.2. The Morgan fingerprint density at radius 2 is 2.44 bits per heavy atom. The van der Waals surface area contributed by atoms with Crippen LogP contribution in [0.25, 0.3) is 0 Å². The molecule has 0 fully saturated rings. The van der Waals surface area contributed by atoms with Crippen LogP contribution in [0.3, 0.4) is 0 Å². The van der Waals surface area contributed by atoms with Crippen molar-refractivity contribution >= 4 is 11.7 Å². The fourth-order valence-electron chi connectivity index (χ4n) is 1.77. The van der Waals surface area contributed by atoms with E-state index in [1.165, 1.54) is 16.5 Å². The van der Waals surface area contributed by atoms with Gasteiger partial charge in [-0.2, -0.15) is 0 Å². The molecular weight excluding hydrogens is 202 g/mol. The minimum atomic E-state index is -0.142. The Labute approximate surface area is 95.0 Å². The molecule has 1 aliphatic heterocycles. The van der Waals surface area contributed by atoms with Gasteiger partial charge in [0, 0.05) is 13.6 Å². The van der Waals surface area contributed by atoms with Crippen LogP contribution in [0.15, 0.2) is 24.8 Å². The highest BCUT2D eigenvalue weighted by Crippen LogP contribution is 2.17. The normalized spacial score (nSPS) is 14.1. The SMILES string of the molecule is C=CC(=O)N(C)c1ccc2c(n1)CNCC2. The maximum Gasteiger partial charge on any atom is 0.251 e. The van der Waals surface area contributed by atoms with Crippen LogP contribution >= 0.6 is 0 Å². The number of fused-ring (bicyclic) bond motifs is 1. The number of nitrogens with zero attached hydrogens (tertiary/aromatic N) is 2. The lowest BCUT2D eigenvalue weighted by Crippen LogP contribution is -2.28. The number of rotatable bonds is 2. The van der Waals surface area contributed by atoms with E-state index in [0.717, 1.165) is 25.2 Å². The van der Waals surface area contributed by atoms with Crippen LogP contribution in [0.1, 0.15) is 11.3 Å². The minimum Gasteiger partial charge on any atom is -0.311 e. The topological polar surface area (TPSA) is 45.2 Å². The maximum atomic E-state index is 11.4. The van der Waals surface area contributed by atoms with E-state index < -0.39 is 0 Å². The number of pyridine rings is 1. The van der Waals surface area contributed by atoms with Crippen molar-refractivity contribution in [1.29, 1.82) is 0 Å². The van der Waals surface area contributed by atoms with Gasteiger partial charge in [0.25, 0.3) is 5.91 Å². The highest BCUT2D eigenvalue weighted by molar-refractivity contribution is 5.99. The number of amides is 1. The van der Waals surface area contributed by atoms with E-state index in [4.69, 9.17) is 0 Å². The smallest absolute Gasteiger partial charge is 0.251 e. The summed E-state index contributed by atoms with van der Waals surface area (Å²) in [5, 5.41) is 3.26. The van der Waals surface area contributed by atoms with Gasteiger partial charge >= 0.3 is 0 Å². The van der Waals surface area contributed by atoms with Gasteiger partial charge in [0.2, 0.25) is 0 Å². The van der Waals surface area contributed by atoms with Gasteiger partial charge in [0.15, 0.2) is 0 Å². The Kier molecular flexibility index (Phi) is 3.01. The maximum absolute atomic E-state index is 11.4. The molecule has 0 saturated heterocycles. The molecule has 0 aromatic carbocycles. The average molecular weight is 217 g/mol. The van der Waals surface area contributed by atoms with E-state index in [1.54, 1.807) is 7.05 Å². The summed E-state index contributed by atoms with van der Waals surface area (Å²) in [7, 11) is 1.70. The summed E-state index contributed by atoms with van der Waals surface area (Å²) in [6, 6.07) is 3.93. The van der Waals surface area contributed by atoms with Gasteiger partial charge in [-0.1, -0.05) is 12.6 Å². The molecule has 1 aliphatic rings. The van der Waals surface area contributed by atoms with E-state index in [2.05, 4.69) is 16.9 Å². The lowest BCUT2D eigenvalue weighted by Gasteiger charge is -2.20. The molecule has 84 valence electrons. The number of likely N-dealkylation sites (N-methyl/N-ethyl adjacent to an activating group) is 1. The molecule has 1 aromatic rings. The van der Waals surface area contributed by atoms with Crippen LogP contribution in [0, 0.1) is 0 Å². The lowest BCUT2D eigenvalue weighted by atomic mass is 10.1. The van der Waals surface area contributed by atoms with Crippen LogP contribution in [-0.2, 0) is 17.8 Å². The molecule has 4 nitrogen and oxygen atoms in total. The van der Waals surface area contributed by atoms with E-state index in [9.17, 15) is 4.79 Å². The zero-order valence-electron chi connectivity index (χ0n) is 9.36. The van der Waals surface area contributed by atoms with E-state index in [-0.39, 0.29) is 5.91 Å². The Bertz CT molecular complexity index is 428. The zero-order chi connectivity index (χ0) is 11.5. The number of carbonyl (C=O) groups excluding carboxylic acids is 1. The van der Waals surface area contributed by atoms with Crippen molar-refractivity contribution in [2.75, 3.05) is 18.5 Å². The number of carbonyl (C=O) groups is 1. The highest BCUT2D eigenvalue weighted by Gasteiger charge is 2.14. The van der Waals surface area contributed by atoms with Crippen LogP contribution in [0.4, 0.5) is 5.82 Å². The Hall–Kier alpha value is -1.68. The van der Waals surface area contributed by atoms with Crippen molar-refractivity contribution in [3.63, 3.8) is 0 Å². The summed E-state index contributed by atoms with van der Waals surface area (Å²) >= 11 is 0. The van der Waals surface area contributed by atoms with Crippen molar-refractivity contribution in [3.05, 3.63) is 36.0 Å². The third kappa shape index (κ3) is 1.97. The number of anilines is 1. The standard InChI is InChI=1S/C12H15N3O/c1-3-12(16)15(2)11-5-4-9-6-7-13-8-10(9)14-11/h3-5,13H,1,6-8H2,2H3. The molecule has 16 heavy (non-hydrogen) atoms. The van der Waals surface area contributed by atoms with Crippen molar-refractivity contribution < 1.29 is 4.79 Å². The molecule has 0 radical (unpaired) electrons. The van der Waals surface area contributed by atoms with Crippen LogP contribution in [0.5, 0.6) is 0 Å². The molecular formula is C12H15N3O. The molecule has 2 heterocycles. The summed E-state index contributed by atoms with van der Waals surface area (Å²) in [4.78, 5) is 17.4. The van der Waals surface area contributed by atoms with Gasteiger partial charge in [0.05, 0.1) is 5.69 Å². The largest absolute Gasteiger partial charge is 0.311 e. The second-order valence-electron chi connectivity index (χ2n) is 3.80. The van der Waals surface area contributed by atoms with Crippen molar-refractivity contribution in [1.82, 2.24) is 10.3 Å². The third-order valence-electron chi connectivity index (χ3n) is 2.77. The average Bonchev–Trinajstić information content (AvgIpc) is 2.36. The van der Waals surface area contributed by atoms with Gasteiger partial charge in [-0.25, -0.2) is 4.98 Å². The monoisotopic (exact) mass is 217 g/mol. The van der Waals surface area contributed by atoms with E-state index >= 15 is 0 Å². The van der Waals surface area contributed by atoms with Crippen molar-refractivity contribution in [3.8, 4) is 0 Å². The minimum absolute atomic E-state index is 0.142. The molecule has 4 heteroatoms. The van der Waals surface area contributed by atoms with E-state index in [1.807, 2.05) is 12.1 Å². The quantitative estimate of drug-likeness (QED) is 0.748. The van der Waals surface area contributed by atoms with Gasteiger partial charge < -0.3 is 5.32 Å². The summed E-state index contributed by atoms with van der Waals surface area (Å²) in [5.41, 5.74) is 2.30. The summed E-state index contributed by atoms with van der Waals surface area (Å²) in [6.45, 7) is 5.24. The van der Waals surface area contributed by atoms with Crippen molar-refractivity contribution in [2.45, 2.75) is 13.0 Å². The number of hydrogen-bond donors (Lipinski definition) is 1. The molecule has 2 rings (SSSR count). The first-order chi connectivity index (χ1) is 7.72. The summed E-state index contributed by atoms with van der Waals surface area (Å²) < 4.78 is 0. The van der Waals surface area contributed by atoms with Crippen LogP contribution in [-0.4, -0.2) is 24.5 Å². The molecule has 1 amide bonds. The Balaban J connectivity index is 2.29. The predicted octanol–water partition coefficient (Wildman–Crippen LogP) is 0.876. The first-order valence-electron chi connectivity index (χ1n) is 5.32. The lowest BCUT2D eigenvalue weighted by molar-refractivity contribution is -0.113. The third-order valence-corrected chi connectivity index (χ3v) is 2.77. The van der Waals surface area contributed by atoms with Gasteiger partial charge in [0.1, 0.15) is 5.82 Å². The molecule has 0 unspecified atom stereocenters. The Morgan fingerprint density at radius 1 is 1.62 bits per heavy atom.